The van der Waals surface area contributed by atoms with Crippen molar-refractivity contribution in [2.75, 3.05) is 20.2 Å². The molecular weight excluding hydrogens is 324 g/mol. The van der Waals surface area contributed by atoms with Crippen LogP contribution in [0.3, 0.4) is 0 Å². The highest BCUT2D eigenvalue weighted by Crippen LogP contribution is 2.41. The van der Waals surface area contributed by atoms with Crippen LogP contribution < -0.4 is 4.74 Å². The molecule has 0 bridgehead atoms. The SMILES string of the molecule is COc1ccc(CN2C[C@@H](C)[C@](O)(c3ccc(C#N)cc3)[C@@H](C)C2)cc1. The fourth-order valence-corrected chi connectivity index (χ4v) is 4.11. The standard InChI is InChI=1S/C22H26N2O2/c1-16-13-24(15-19-6-10-21(26-3)11-7-19)14-17(2)22(16,25)20-8-4-18(12-23)5-9-20/h4-11,16-17,25H,13-15H2,1-3H3/t16-,17+,22-. The predicted octanol–water partition coefficient (Wildman–Crippen LogP) is 3.54. The Morgan fingerprint density at radius 1 is 1.08 bits per heavy atom. The van der Waals surface area contributed by atoms with Crippen molar-refractivity contribution in [3.05, 3.63) is 65.2 Å². The third-order valence-corrected chi connectivity index (χ3v) is 5.61. The maximum absolute atomic E-state index is 11.5. The minimum Gasteiger partial charge on any atom is -0.497 e. The third-order valence-electron chi connectivity index (χ3n) is 5.61. The Kier molecular flexibility index (Phi) is 5.31. The molecule has 3 rings (SSSR count). The van der Waals surface area contributed by atoms with Crippen molar-refractivity contribution in [1.29, 1.82) is 5.26 Å². The van der Waals surface area contributed by atoms with E-state index < -0.39 is 5.60 Å². The van der Waals surface area contributed by atoms with E-state index in [4.69, 9.17) is 10.00 Å². The first-order chi connectivity index (χ1) is 12.5. The van der Waals surface area contributed by atoms with Gasteiger partial charge in [-0.15, -0.1) is 0 Å². The Bertz CT molecular complexity index is 765. The molecule has 0 unspecified atom stereocenters. The number of aliphatic hydroxyl groups is 1. The number of methoxy groups -OCH3 is 1. The van der Waals surface area contributed by atoms with Gasteiger partial charge >= 0.3 is 0 Å². The summed E-state index contributed by atoms with van der Waals surface area (Å²) in [7, 11) is 1.67. The van der Waals surface area contributed by atoms with Crippen molar-refractivity contribution in [1.82, 2.24) is 4.90 Å². The number of piperidine rings is 1. The van der Waals surface area contributed by atoms with Gasteiger partial charge in [0.05, 0.1) is 24.3 Å². The van der Waals surface area contributed by atoms with Crippen LogP contribution in [0, 0.1) is 23.2 Å². The quantitative estimate of drug-likeness (QED) is 0.916. The molecule has 26 heavy (non-hydrogen) atoms. The second-order valence-electron chi connectivity index (χ2n) is 7.36. The molecule has 0 radical (unpaired) electrons. The maximum Gasteiger partial charge on any atom is 0.118 e. The van der Waals surface area contributed by atoms with Crippen molar-refractivity contribution in [3.63, 3.8) is 0 Å². The zero-order valence-electron chi connectivity index (χ0n) is 15.6. The summed E-state index contributed by atoms with van der Waals surface area (Å²) < 4.78 is 5.22. The summed E-state index contributed by atoms with van der Waals surface area (Å²) in [4.78, 5) is 2.40. The van der Waals surface area contributed by atoms with E-state index >= 15 is 0 Å². The molecule has 1 heterocycles. The van der Waals surface area contributed by atoms with E-state index in [0.717, 1.165) is 30.9 Å². The van der Waals surface area contributed by atoms with Gasteiger partial charge in [-0.25, -0.2) is 0 Å². The Labute approximate surface area is 155 Å². The number of rotatable bonds is 4. The fourth-order valence-electron chi connectivity index (χ4n) is 4.11. The fraction of sp³-hybridized carbons (Fsp3) is 0.409. The first kappa shape index (κ1) is 18.4. The van der Waals surface area contributed by atoms with Gasteiger partial charge in [0.1, 0.15) is 5.75 Å². The third kappa shape index (κ3) is 3.46. The van der Waals surface area contributed by atoms with Crippen LogP contribution in [0.5, 0.6) is 5.75 Å². The molecule has 1 aliphatic rings. The number of benzene rings is 2. The van der Waals surface area contributed by atoms with Crippen molar-refractivity contribution in [2.45, 2.75) is 26.0 Å². The van der Waals surface area contributed by atoms with Crippen LogP contribution in [-0.4, -0.2) is 30.2 Å². The van der Waals surface area contributed by atoms with Crippen LogP contribution in [0.25, 0.3) is 0 Å². The van der Waals surface area contributed by atoms with Crippen LogP contribution in [-0.2, 0) is 12.1 Å². The van der Waals surface area contributed by atoms with Crippen LogP contribution in [0.2, 0.25) is 0 Å². The van der Waals surface area contributed by atoms with Gasteiger partial charge in [-0.3, -0.25) is 4.90 Å². The lowest BCUT2D eigenvalue weighted by Crippen LogP contribution is -2.54. The molecule has 3 atom stereocenters. The number of hydrogen-bond acceptors (Lipinski definition) is 4. The summed E-state index contributed by atoms with van der Waals surface area (Å²) in [5.41, 5.74) is 1.90. The highest BCUT2D eigenvalue weighted by Gasteiger charge is 2.45. The lowest BCUT2D eigenvalue weighted by Gasteiger charge is -2.48. The van der Waals surface area contributed by atoms with Gasteiger partial charge in [0.15, 0.2) is 0 Å². The molecule has 0 aliphatic carbocycles. The summed E-state index contributed by atoms with van der Waals surface area (Å²) in [5, 5.41) is 20.5. The lowest BCUT2D eigenvalue weighted by atomic mass is 9.70. The number of nitrogens with zero attached hydrogens (tertiary/aromatic N) is 2. The van der Waals surface area contributed by atoms with Crippen LogP contribution in [0.1, 0.15) is 30.5 Å². The lowest BCUT2D eigenvalue weighted by molar-refractivity contribution is -0.114. The van der Waals surface area contributed by atoms with Gasteiger partial charge in [-0.2, -0.15) is 5.26 Å². The van der Waals surface area contributed by atoms with Crippen molar-refractivity contribution < 1.29 is 9.84 Å². The van der Waals surface area contributed by atoms with E-state index in [1.165, 1.54) is 5.56 Å². The van der Waals surface area contributed by atoms with Gasteiger partial charge in [-0.1, -0.05) is 38.1 Å². The average Bonchev–Trinajstić information content (AvgIpc) is 2.66. The van der Waals surface area contributed by atoms with E-state index in [-0.39, 0.29) is 11.8 Å². The van der Waals surface area contributed by atoms with Gasteiger partial charge in [0.25, 0.3) is 0 Å². The summed E-state index contributed by atoms with van der Waals surface area (Å²) in [6, 6.07) is 17.7. The second kappa shape index (κ2) is 7.49. The van der Waals surface area contributed by atoms with Crippen molar-refractivity contribution in [2.24, 2.45) is 11.8 Å². The van der Waals surface area contributed by atoms with E-state index in [1.807, 2.05) is 24.3 Å². The molecule has 136 valence electrons. The molecule has 0 amide bonds. The Balaban J connectivity index is 1.74. The Morgan fingerprint density at radius 3 is 2.15 bits per heavy atom. The Morgan fingerprint density at radius 2 is 1.65 bits per heavy atom. The highest BCUT2D eigenvalue weighted by molar-refractivity contribution is 5.35. The predicted molar refractivity (Wildman–Crippen MR) is 102 cm³/mol. The number of ether oxygens (including phenoxy) is 1. The van der Waals surface area contributed by atoms with Crippen LogP contribution >= 0.6 is 0 Å². The smallest absolute Gasteiger partial charge is 0.118 e. The normalized spacial score (nSPS) is 26.3. The largest absolute Gasteiger partial charge is 0.497 e. The first-order valence-electron chi connectivity index (χ1n) is 9.05. The van der Waals surface area contributed by atoms with Crippen molar-refractivity contribution in [3.8, 4) is 11.8 Å². The van der Waals surface area contributed by atoms with Gasteiger partial charge < -0.3 is 9.84 Å². The van der Waals surface area contributed by atoms with Crippen LogP contribution in [0.4, 0.5) is 0 Å². The number of nitriles is 1. The van der Waals surface area contributed by atoms with E-state index in [1.54, 1.807) is 19.2 Å². The topological polar surface area (TPSA) is 56.5 Å². The average molecular weight is 350 g/mol. The first-order valence-corrected chi connectivity index (χ1v) is 9.05. The molecule has 1 aliphatic heterocycles. The summed E-state index contributed by atoms with van der Waals surface area (Å²) in [6.45, 7) is 6.73. The number of hydrogen-bond donors (Lipinski definition) is 1. The summed E-state index contributed by atoms with van der Waals surface area (Å²) in [6.07, 6.45) is 0. The van der Waals surface area contributed by atoms with Gasteiger partial charge in [0.2, 0.25) is 0 Å². The molecule has 2 aromatic rings. The molecule has 0 aromatic heterocycles. The van der Waals surface area contributed by atoms with E-state index in [0.29, 0.717) is 5.56 Å². The number of likely N-dealkylation sites (tertiary alicyclic amines) is 1. The molecule has 1 fully saturated rings. The summed E-state index contributed by atoms with van der Waals surface area (Å²) >= 11 is 0. The Hall–Kier alpha value is -2.35. The molecule has 0 saturated carbocycles. The molecule has 2 aromatic carbocycles. The molecule has 4 heteroatoms. The molecule has 0 spiro atoms. The molecule has 1 saturated heterocycles. The minimum atomic E-state index is -0.871. The van der Waals surface area contributed by atoms with Gasteiger partial charge in [-0.05, 0) is 35.4 Å². The molecule has 1 N–H and O–H groups in total. The zero-order valence-corrected chi connectivity index (χ0v) is 15.6. The summed E-state index contributed by atoms with van der Waals surface area (Å²) in [5.74, 6) is 1.05. The van der Waals surface area contributed by atoms with E-state index in [2.05, 4.69) is 36.9 Å². The maximum atomic E-state index is 11.5. The molecular formula is C22H26N2O2. The minimum absolute atomic E-state index is 0.0948. The van der Waals surface area contributed by atoms with Crippen molar-refractivity contribution >= 4 is 0 Å². The second-order valence-corrected chi connectivity index (χ2v) is 7.36. The monoisotopic (exact) mass is 350 g/mol. The van der Waals surface area contributed by atoms with E-state index in [9.17, 15) is 5.11 Å². The van der Waals surface area contributed by atoms with Crippen LogP contribution in [0.15, 0.2) is 48.5 Å². The van der Waals surface area contributed by atoms with Gasteiger partial charge in [0, 0.05) is 31.5 Å². The zero-order chi connectivity index (χ0) is 18.7. The molecule has 4 nitrogen and oxygen atoms in total. The highest BCUT2D eigenvalue weighted by atomic mass is 16.5.